The number of nitrogens with one attached hydrogen (secondary N) is 1. The van der Waals surface area contributed by atoms with Crippen molar-refractivity contribution in [1.82, 2.24) is 0 Å². The highest BCUT2D eigenvalue weighted by Crippen LogP contribution is 2.47. The van der Waals surface area contributed by atoms with Crippen molar-refractivity contribution >= 4 is 27.3 Å². The van der Waals surface area contributed by atoms with Gasteiger partial charge in [0.1, 0.15) is 5.69 Å². The summed E-state index contributed by atoms with van der Waals surface area (Å²) in [6.45, 7) is 0. The lowest BCUT2D eigenvalue weighted by atomic mass is 10.1. The second-order valence-electron chi connectivity index (χ2n) is 3.77. The van der Waals surface area contributed by atoms with E-state index in [0.717, 1.165) is 18.4 Å². The Morgan fingerprint density at radius 3 is 2.69 bits per heavy atom. The number of benzene rings is 1. The highest BCUT2D eigenvalue weighted by Gasteiger charge is 2.32. The van der Waals surface area contributed by atoms with Crippen molar-refractivity contribution in [3.63, 3.8) is 0 Å². The third-order valence-electron chi connectivity index (χ3n) is 2.68. The summed E-state index contributed by atoms with van der Waals surface area (Å²) < 4.78 is 14.0. The van der Waals surface area contributed by atoms with Gasteiger partial charge >= 0.3 is 5.69 Å². The van der Waals surface area contributed by atoms with Crippen molar-refractivity contribution in [1.29, 1.82) is 0 Å². The summed E-state index contributed by atoms with van der Waals surface area (Å²) in [6.07, 6.45) is 2.03. The Kier molecular flexibility index (Phi) is 2.84. The smallest absolute Gasteiger partial charge is 0.328 e. The van der Waals surface area contributed by atoms with Gasteiger partial charge in [0.15, 0.2) is 0 Å². The minimum absolute atomic E-state index is 0.223. The van der Waals surface area contributed by atoms with Crippen LogP contribution in [0, 0.1) is 15.9 Å². The molecule has 0 atom stereocenters. The van der Waals surface area contributed by atoms with Crippen molar-refractivity contribution in [2.45, 2.75) is 18.8 Å². The highest BCUT2D eigenvalue weighted by molar-refractivity contribution is 9.10. The van der Waals surface area contributed by atoms with Crippen molar-refractivity contribution in [3.05, 3.63) is 32.0 Å². The van der Waals surface area contributed by atoms with Gasteiger partial charge < -0.3 is 5.32 Å². The fourth-order valence-electron chi connectivity index (χ4n) is 1.70. The Morgan fingerprint density at radius 1 is 1.62 bits per heavy atom. The molecule has 0 heterocycles. The van der Waals surface area contributed by atoms with Gasteiger partial charge in [-0.3, -0.25) is 10.1 Å². The van der Waals surface area contributed by atoms with E-state index in [1.165, 1.54) is 0 Å². The van der Waals surface area contributed by atoms with Crippen molar-refractivity contribution in [2.75, 3.05) is 12.4 Å². The lowest BCUT2D eigenvalue weighted by molar-refractivity contribution is -0.386. The molecule has 1 aliphatic carbocycles. The maximum Gasteiger partial charge on any atom is 0.328 e. The Morgan fingerprint density at radius 2 is 2.25 bits per heavy atom. The molecule has 1 N–H and O–H groups in total. The highest BCUT2D eigenvalue weighted by atomic mass is 79.9. The topological polar surface area (TPSA) is 55.2 Å². The number of nitro groups is 1. The standard InChI is InChI=1S/C10H10BrFN2O2/c1-13-7-4-6(5-2-3-5)8(11)9(12)10(7)14(15)16/h4-5,13H,2-3H2,1H3. The zero-order chi connectivity index (χ0) is 11.9. The largest absolute Gasteiger partial charge is 0.382 e. The maximum absolute atomic E-state index is 13.8. The van der Waals surface area contributed by atoms with Gasteiger partial charge in [-0.2, -0.15) is 4.39 Å². The number of nitro benzene ring substituents is 1. The summed E-state index contributed by atoms with van der Waals surface area (Å²) in [5.74, 6) is -0.462. The minimum atomic E-state index is -0.793. The lowest BCUT2D eigenvalue weighted by Gasteiger charge is -2.09. The van der Waals surface area contributed by atoms with Gasteiger partial charge in [0.25, 0.3) is 0 Å². The monoisotopic (exact) mass is 288 g/mol. The first-order valence-corrected chi connectivity index (χ1v) is 5.69. The molecule has 0 radical (unpaired) electrons. The molecule has 0 aliphatic heterocycles. The van der Waals surface area contributed by atoms with Crippen LogP contribution in [0.15, 0.2) is 10.5 Å². The minimum Gasteiger partial charge on any atom is -0.382 e. The second kappa shape index (κ2) is 4.01. The summed E-state index contributed by atoms with van der Waals surface area (Å²) in [4.78, 5) is 10.0. The van der Waals surface area contributed by atoms with Crippen LogP contribution in [-0.4, -0.2) is 12.0 Å². The molecule has 2 rings (SSSR count). The number of hydrogen-bond acceptors (Lipinski definition) is 3. The van der Waals surface area contributed by atoms with Crippen LogP contribution in [0.5, 0.6) is 0 Å². The van der Waals surface area contributed by atoms with Gasteiger partial charge in [-0.1, -0.05) is 0 Å². The Hall–Kier alpha value is -1.17. The summed E-state index contributed by atoms with van der Waals surface area (Å²) in [6, 6.07) is 1.66. The van der Waals surface area contributed by atoms with E-state index in [1.54, 1.807) is 13.1 Å². The van der Waals surface area contributed by atoms with E-state index in [4.69, 9.17) is 0 Å². The summed E-state index contributed by atoms with van der Waals surface area (Å²) in [7, 11) is 1.55. The predicted octanol–water partition coefficient (Wildman–Crippen LogP) is 3.42. The molecule has 16 heavy (non-hydrogen) atoms. The molecule has 0 aromatic heterocycles. The van der Waals surface area contributed by atoms with Gasteiger partial charge in [0.2, 0.25) is 5.82 Å². The molecule has 0 spiro atoms. The van der Waals surface area contributed by atoms with Crippen LogP contribution in [-0.2, 0) is 0 Å². The first-order valence-electron chi connectivity index (χ1n) is 4.90. The average Bonchev–Trinajstić information content (AvgIpc) is 3.04. The fourth-order valence-corrected chi connectivity index (χ4v) is 2.32. The number of nitrogens with zero attached hydrogens (tertiary/aromatic N) is 1. The quantitative estimate of drug-likeness (QED) is 0.685. The molecular weight excluding hydrogens is 279 g/mol. The van der Waals surface area contributed by atoms with E-state index in [9.17, 15) is 14.5 Å². The summed E-state index contributed by atoms with van der Waals surface area (Å²) >= 11 is 3.10. The molecule has 6 heteroatoms. The molecule has 1 aromatic rings. The molecule has 0 unspecified atom stereocenters. The maximum atomic E-state index is 13.8. The molecule has 1 aromatic carbocycles. The molecule has 0 saturated heterocycles. The predicted molar refractivity (Wildman–Crippen MR) is 62.3 cm³/mol. The number of hydrogen-bond donors (Lipinski definition) is 1. The number of halogens is 2. The lowest BCUT2D eigenvalue weighted by Crippen LogP contribution is -2.02. The van der Waals surface area contributed by atoms with Gasteiger partial charge in [0.05, 0.1) is 9.40 Å². The summed E-state index contributed by atoms with van der Waals surface area (Å²) in [5.41, 5.74) is 0.541. The third-order valence-corrected chi connectivity index (χ3v) is 3.48. The summed E-state index contributed by atoms with van der Waals surface area (Å²) in [5, 5.41) is 13.4. The van der Waals surface area contributed by atoms with E-state index >= 15 is 0 Å². The van der Waals surface area contributed by atoms with Crippen LogP contribution in [0.2, 0.25) is 0 Å². The second-order valence-corrected chi connectivity index (χ2v) is 4.56. The number of rotatable bonds is 3. The Balaban J connectivity index is 2.62. The van der Waals surface area contributed by atoms with Gasteiger partial charge in [-0.05, 0) is 46.3 Å². The zero-order valence-electron chi connectivity index (χ0n) is 8.59. The van der Waals surface area contributed by atoms with Gasteiger partial charge in [0, 0.05) is 7.05 Å². The van der Waals surface area contributed by atoms with E-state index in [-0.39, 0.29) is 10.2 Å². The average molecular weight is 289 g/mol. The van der Waals surface area contributed by atoms with E-state index in [0.29, 0.717) is 5.92 Å². The van der Waals surface area contributed by atoms with Crippen molar-refractivity contribution in [2.24, 2.45) is 0 Å². The van der Waals surface area contributed by atoms with E-state index < -0.39 is 16.4 Å². The molecule has 1 fully saturated rings. The van der Waals surface area contributed by atoms with Crippen LogP contribution < -0.4 is 5.32 Å². The fraction of sp³-hybridized carbons (Fsp3) is 0.400. The molecule has 4 nitrogen and oxygen atoms in total. The first kappa shape index (κ1) is 11.3. The molecule has 1 saturated carbocycles. The van der Waals surface area contributed by atoms with Crippen LogP contribution in [0.4, 0.5) is 15.8 Å². The van der Waals surface area contributed by atoms with Crippen LogP contribution in [0.1, 0.15) is 24.3 Å². The SMILES string of the molecule is CNc1cc(C2CC2)c(Br)c(F)c1[N+](=O)[O-]. The van der Waals surface area contributed by atoms with E-state index in [1.807, 2.05) is 0 Å². The molecule has 86 valence electrons. The Bertz CT molecular complexity index is 461. The Labute approximate surface area is 100 Å². The third kappa shape index (κ3) is 1.77. The molecule has 0 amide bonds. The van der Waals surface area contributed by atoms with E-state index in [2.05, 4.69) is 21.2 Å². The molecular formula is C10H10BrFN2O2. The molecule has 0 bridgehead atoms. The van der Waals surface area contributed by atoms with Crippen molar-refractivity contribution < 1.29 is 9.31 Å². The van der Waals surface area contributed by atoms with Gasteiger partial charge in [-0.25, -0.2) is 0 Å². The van der Waals surface area contributed by atoms with Crippen LogP contribution in [0.3, 0.4) is 0 Å². The van der Waals surface area contributed by atoms with Crippen molar-refractivity contribution in [3.8, 4) is 0 Å². The van der Waals surface area contributed by atoms with Gasteiger partial charge in [-0.15, -0.1) is 0 Å². The van der Waals surface area contributed by atoms with Crippen LogP contribution in [0.25, 0.3) is 0 Å². The number of anilines is 1. The normalized spacial score (nSPS) is 14.9. The van der Waals surface area contributed by atoms with Crippen LogP contribution >= 0.6 is 15.9 Å². The zero-order valence-corrected chi connectivity index (χ0v) is 10.2. The molecule has 1 aliphatic rings. The first-order chi connectivity index (χ1) is 7.56.